The van der Waals surface area contributed by atoms with Gasteiger partial charge >= 0.3 is 0 Å². The third-order valence-electron chi connectivity index (χ3n) is 8.70. The molecule has 2 fully saturated rings. The van der Waals surface area contributed by atoms with Crippen molar-refractivity contribution in [2.45, 2.75) is 46.7 Å². The summed E-state index contributed by atoms with van der Waals surface area (Å²) >= 11 is 13.9. The van der Waals surface area contributed by atoms with Gasteiger partial charge in [0.2, 0.25) is 10.3 Å². The van der Waals surface area contributed by atoms with Crippen molar-refractivity contribution in [3.8, 4) is 0 Å². The lowest BCUT2D eigenvalue weighted by molar-refractivity contribution is -0.00853. The van der Waals surface area contributed by atoms with Crippen LogP contribution >= 0.6 is 71.1 Å². The second-order valence-corrected chi connectivity index (χ2v) is 19.2. The summed E-state index contributed by atoms with van der Waals surface area (Å²) in [5, 5.41) is 38.6. The van der Waals surface area contributed by atoms with Crippen LogP contribution in [0.5, 0.6) is 0 Å². The first-order chi connectivity index (χ1) is 27.6. The smallest absolute Gasteiger partial charge is 0.266 e. The van der Waals surface area contributed by atoms with Crippen molar-refractivity contribution in [3.05, 3.63) is 58.6 Å². The normalized spacial score (nSPS) is 15.2. The highest BCUT2D eigenvalue weighted by Gasteiger charge is 2.34. The van der Waals surface area contributed by atoms with Crippen molar-refractivity contribution in [1.29, 1.82) is 0 Å². The molecule has 0 aliphatic carbocycles. The van der Waals surface area contributed by atoms with E-state index in [0.717, 1.165) is 86.1 Å². The summed E-state index contributed by atoms with van der Waals surface area (Å²) in [6.45, 7) is 6.10. The maximum absolute atomic E-state index is 14.4. The van der Waals surface area contributed by atoms with Crippen molar-refractivity contribution in [2.24, 2.45) is 0 Å². The summed E-state index contributed by atoms with van der Waals surface area (Å²) in [7, 11) is -8.32. The lowest BCUT2D eigenvalue weighted by atomic mass is 9.97. The highest BCUT2D eigenvalue weighted by Crippen LogP contribution is 2.31. The minimum atomic E-state index is -4.16. The van der Waals surface area contributed by atoms with E-state index in [0.29, 0.717) is 63.7 Å². The number of unbranched alkanes of at least 4 members (excludes halogenated alkanes) is 2. The standard InChI is InChI=1S/2C16H22ClFN6O3S2.2ClH/c2*17-11-5-14(29(26,27)24-15-22-10-23-28-15)12(18)6-13(11)21-4-2-1-3-19-7-16(25)8-20-9-16;;/h2*5-6,10,19-21,25H,1-4,7-9H2,(H,22,23,24);2*1H. The van der Waals surface area contributed by atoms with Crippen LogP contribution in [0.4, 0.5) is 30.4 Å². The molecule has 2 aliphatic heterocycles. The van der Waals surface area contributed by atoms with E-state index in [1.807, 2.05) is 0 Å². The van der Waals surface area contributed by atoms with Crippen LogP contribution in [-0.4, -0.2) is 122 Å². The Labute approximate surface area is 377 Å². The number of aliphatic hydroxyl groups is 2. The molecule has 4 heterocycles. The van der Waals surface area contributed by atoms with Crippen LogP contribution in [0.15, 0.2) is 46.7 Å². The zero-order valence-corrected chi connectivity index (χ0v) is 38.1. The van der Waals surface area contributed by atoms with Gasteiger partial charge in [0, 0.05) is 75.4 Å². The minimum absolute atomic E-state index is 0. The molecule has 6 rings (SSSR count). The van der Waals surface area contributed by atoms with Gasteiger partial charge in [0.15, 0.2) is 0 Å². The van der Waals surface area contributed by atoms with E-state index in [4.69, 9.17) is 23.2 Å². The van der Waals surface area contributed by atoms with Gasteiger partial charge in [-0.1, -0.05) is 23.2 Å². The van der Waals surface area contributed by atoms with Gasteiger partial charge in [-0.2, -0.15) is 8.75 Å². The number of aromatic nitrogens is 4. The SMILES string of the molecule is Cl.Cl.O=S(=O)(Nc1ncns1)c1cc(Cl)c(NCCCCNCC2(O)CNC2)cc1F.O=S(=O)(Nc1ncns1)c1cc(Cl)c(NCCCCNCC2(O)CNC2)cc1F. The van der Waals surface area contributed by atoms with Crippen molar-refractivity contribution >= 4 is 113 Å². The average Bonchev–Trinajstić information content (AvgIpc) is 3.86. The molecule has 4 aromatic rings. The zero-order valence-electron chi connectivity index (χ0n) is 31.6. The van der Waals surface area contributed by atoms with Crippen LogP contribution in [0.3, 0.4) is 0 Å². The van der Waals surface area contributed by atoms with E-state index >= 15 is 0 Å². The number of anilines is 4. The first-order valence-corrected chi connectivity index (χ1v) is 23.2. The quantitative estimate of drug-likeness (QED) is 0.0507. The predicted molar refractivity (Wildman–Crippen MR) is 236 cm³/mol. The summed E-state index contributed by atoms with van der Waals surface area (Å²) in [6, 6.07) is 4.26. The largest absolute Gasteiger partial charge is 0.386 e. The Morgan fingerprint density at radius 1 is 0.650 bits per heavy atom. The van der Waals surface area contributed by atoms with Gasteiger partial charge in [-0.3, -0.25) is 9.44 Å². The fourth-order valence-corrected chi connectivity index (χ4v) is 9.52. The molecule has 2 aromatic heterocycles. The van der Waals surface area contributed by atoms with E-state index in [-0.39, 0.29) is 45.1 Å². The first kappa shape index (κ1) is 51.8. The molecular formula is C32H46Cl4F2N12O6S4. The monoisotopic (exact) mass is 1000 g/mol. The molecule has 0 atom stereocenters. The van der Waals surface area contributed by atoms with Crippen molar-refractivity contribution in [3.63, 3.8) is 0 Å². The molecule has 0 spiro atoms. The van der Waals surface area contributed by atoms with E-state index in [1.54, 1.807) is 0 Å². The van der Waals surface area contributed by atoms with E-state index in [2.05, 4.69) is 60.1 Å². The molecule has 28 heteroatoms. The molecule has 2 aliphatic rings. The summed E-state index contributed by atoms with van der Waals surface area (Å²) in [4.78, 5) is 6.31. The second-order valence-electron chi connectivity index (χ2n) is 13.5. The molecule has 336 valence electrons. The van der Waals surface area contributed by atoms with Crippen LogP contribution in [-0.2, 0) is 20.0 Å². The third-order valence-corrected chi connectivity index (χ3v) is 13.5. The van der Waals surface area contributed by atoms with Crippen LogP contribution in [0.25, 0.3) is 0 Å². The molecule has 0 unspecified atom stereocenters. The number of β-amino-alcohol motifs (C(OH)–C–C–N with tert-alkyl or cyclic N) is 2. The maximum Gasteiger partial charge on any atom is 0.266 e. The molecule has 0 amide bonds. The molecule has 10 N–H and O–H groups in total. The summed E-state index contributed by atoms with van der Waals surface area (Å²) in [6.07, 6.45) is 5.69. The Bertz CT molecular complexity index is 2010. The number of sulfonamides is 2. The fourth-order valence-electron chi connectivity index (χ4n) is 5.43. The topological polar surface area (TPSA) is 257 Å². The van der Waals surface area contributed by atoms with Gasteiger partial charge < -0.3 is 42.1 Å². The van der Waals surface area contributed by atoms with E-state index < -0.39 is 52.7 Å². The number of nitrogens with zero attached hydrogens (tertiary/aromatic N) is 4. The molecule has 60 heavy (non-hydrogen) atoms. The maximum atomic E-state index is 14.4. The number of hydrogen-bond acceptors (Lipinski definition) is 18. The van der Waals surface area contributed by atoms with Gasteiger partial charge in [-0.15, -0.1) is 24.8 Å². The summed E-state index contributed by atoms with van der Waals surface area (Å²) < 4.78 is 89.8. The number of nitrogens with one attached hydrogen (secondary N) is 8. The molecule has 18 nitrogen and oxygen atoms in total. The Morgan fingerprint density at radius 3 is 1.33 bits per heavy atom. The van der Waals surface area contributed by atoms with Crippen LogP contribution in [0.2, 0.25) is 10.0 Å². The molecule has 0 radical (unpaired) electrons. The molecule has 2 saturated heterocycles. The van der Waals surface area contributed by atoms with Crippen molar-refractivity contribution in [1.82, 2.24) is 40.0 Å². The molecule has 0 bridgehead atoms. The lowest BCUT2D eigenvalue weighted by Crippen LogP contribution is -2.64. The van der Waals surface area contributed by atoms with Gasteiger partial charge in [0.1, 0.15) is 45.3 Å². The molecule has 0 saturated carbocycles. The highest BCUT2D eigenvalue weighted by atomic mass is 35.5. The number of rotatable bonds is 22. The summed E-state index contributed by atoms with van der Waals surface area (Å²) in [5.41, 5.74) is -0.643. The third kappa shape index (κ3) is 15.4. The number of halogens is 6. The van der Waals surface area contributed by atoms with E-state index in [9.17, 15) is 35.8 Å². The lowest BCUT2D eigenvalue weighted by Gasteiger charge is -2.37. The highest BCUT2D eigenvalue weighted by molar-refractivity contribution is 7.93. The summed E-state index contributed by atoms with van der Waals surface area (Å²) in [5.74, 6) is -1.84. The Kier molecular flexibility index (Phi) is 20.5. The Balaban J connectivity index is 0.000000310. The zero-order chi connectivity index (χ0) is 41.8. The van der Waals surface area contributed by atoms with Crippen LogP contribution in [0, 0.1) is 11.6 Å². The van der Waals surface area contributed by atoms with Crippen LogP contribution < -0.4 is 41.3 Å². The molecular weight excluding hydrogens is 957 g/mol. The van der Waals surface area contributed by atoms with Gasteiger partial charge in [-0.05, 0) is 63.0 Å². The van der Waals surface area contributed by atoms with Gasteiger partial charge in [-0.25, -0.2) is 35.6 Å². The predicted octanol–water partition coefficient (Wildman–Crippen LogP) is 3.34. The van der Waals surface area contributed by atoms with Gasteiger partial charge in [0.25, 0.3) is 20.0 Å². The average molecular weight is 1000 g/mol. The van der Waals surface area contributed by atoms with Crippen LogP contribution in [0.1, 0.15) is 25.7 Å². The Hall–Kier alpha value is -2.56. The minimum Gasteiger partial charge on any atom is -0.386 e. The van der Waals surface area contributed by atoms with Crippen molar-refractivity contribution < 1.29 is 35.8 Å². The van der Waals surface area contributed by atoms with Gasteiger partial charge in [0.05, 0.1) is 21.4 Å². The molecule has 2 aromatic carbocycles. The van der Waals surface area contributed by atoms with Crippen molar-refractivity contribution in [2.75, 3.05) is 85.5 Å². The van der Waals surface area contributed by atoms with E-state index in [1.165, 1.54) is 12.7 Å². The fraction of sp³-hybridized carbons (Fsp3) is 0.500. The second kappa shape index (κ2) is 23.8. The first-order valence-electron chi connectivity index (χ1n) is 17.9. The number of hydrogen-bond donors (Lipinski definition) is 10. The number of benzene rings is 2. The Morgan fingerprint density at radius 2 is 1.02 bits per heavy atom.